The van der Waals surface area contributed by atoms with Crippen molar-refractivity contribution in [3.8, 4) is 17.2 Å². The van der Waals surface area contributed by atoms with Gasteiger partial charge in [-0.3, -0.25) is 10.3 Å². The molecule has 5 heteroatoms. The fourth-order valence-corrected chi connectivity index (χ4v) is 3.88. The lowest BCUT2D eigenvalue weighted by Crippen LogP contribution is -2.33. The number of aryl methyl sites for hydroxylation is 1. The molecular weight excluding hydrogens is 388 g/mol. The Bertz CT molecular complexity index is 1060. The molecule has 0 radical (unpaired) electrons. The summed E-state index contributed by atoms with van der Waals surface area (Å²) in [6.45, 7) is 4.48. The molecule has 1 heterocycles. The van der Waals surface area contributed by atoms with Gasteiger partial charge in [-0.25, -0.2) is 0 Å². The molecule has 2 atom stereocenters. The molecular formula is C26H28N2O3. The second-order valence-electron chi connectivity index (χ2n) is 7.67. The summed E-state index contributed by atoms with van der Waals surface area (Å²) in [7, 11) is 1.66. The Kier molecular flexibility index (Phi) is 6.23. The van der Waals surface area contributed by atoms with Gasteiger partial charge in [0.05, 0.1) is 13.7 Å². The monoisotopic (exact) mass is 416 g/mol. The van der Waals surface area contributed by atoms with Crippen molar-refractivity contribution in [2.24, 2.45) is 4.99 Å². The van der Waals surface area contributed by atoms with Crippen molar-refractivity contribution < 1.29 is 14.6 Å². The summed E-state index contributed by atoms with van der Waals surface area (Å²) in [5.41, 5.74) is 5.13. The van der Waals surface area contributed by atoms with Crippen LogP contribution in [0.1, 0.15) is 47.8 Å². The topological polar surface area (TPSA) is 63.1 Å². The van der Waals surface area contributed by atoms with Gasteiger partial charge in [0.25, 0.3) is 0 Å². The lowest BCUT2D eigenvalue weighted by molar-refractivity contribution is 0.313. The Balaban J connectivity index is 1.73. The van der Waals surface area contributed by atoms with Crippen LogP contribution in [0.25, 0.3) is 0 Å². The average molecular weight is 417 g/mol. The summed E-state index contributed by atoms with van der Waals surface area (Å²) in [5.74, 6) is 1.50. The molecule has 3 aromatic carbocycles. The zero-order chi connectivity index (χ0) is 21.8. The third-order valence-corrected chi connectivity index (χ3v) is 5.56. The Hall–Kier alpha value is -3.31. The first-order chi connectivity index (χ1) is 15.1. The molecule has 0 bridgehead atoms. The second-order valence-corrected chi connectivity index (χ2v) is 7.67. The van der Waals surface area contributed by atoms with Gasteiger partial charge in [-0.05, 0) is 55.3 Å². The molecule has 31 heavy (non-hydrogen) atoms. The van der Waals surface area contributed by atoms with E-state index >= 15 is 0 Å². The van der Waals surface area contributed by atoms with E-state index in [1.807, 2.05) is 43.3 Å². The van der Waals surface area contributed by atoms with E-state index < -0.39 is 0 Å². The maximum Gasteiger partial charge on any atom is 0.162 e. The van der Waals surface area contributed by atoms with Gasteiger partial charge in [0, 0.05) is 23.7 Å². The number of hydrogen-bond donors (Lipinski definition) is 2. The van der Waals surface area contributed by atoms with Crippen molar-refractivity contribution in [1.29, 1.82) is 0 Å². The summed E-state index contributed by atoms with van der Waals surface area (Å²) in [4.78, 5) is 5.02. The van der Waals surface area contributed by atoms with Gasteiger partial charge in [-0.1, -0.05) is 42.0 Å². The van der Waals surface area contributed by atoms with Crippen molar-refractivity contribution in [3.05, 3.63) is 89.0 Å². The van der Waals surface area contributed by atoms with E-state index in [9.17, 15) is 5.11 Å². The Morgan fingerprint density at radius 3 is 2.45 bits per heavy atom. The molecule has 2 N–H and O–H groups in total. The van der Waals surface area contributed by atoms with Crippen LogP contribution in [0.4, 0.5) is 0 Å². The average Bonchev–Trinajstić information content (AvgIpc) is 2.81. The third kappa shape index (κ3) is 4.57. The number of methoxy groups -OCH3 is 1. The Morgan fingerprint density at radius 2 is 1.77 bits per heavy atom. The number of hydrogen-bond acceptors (Lipinski definition) is 5. The number of nitrogens with zero attached hydrogens (tertiary/aromatic N) is 1. The van der Waals surface area contributed by atoms with Crippen molar-refractivity contribution in [2.45, 2.75) is 32.5 Å². The number of aliphatic imine (C=N–C) groups is 1. The molecule has 3 aromatic rings. The number of phenols is 1. The highest BCUT2D eigenvalue weighted by Crippen LogP contribution is 2.39. The fraction of sp³-hybridized carbons (Fsp3) is 0.269. The summed E-state index contributed by atoms with van der Waals surface area (Å²) in [5, 5.41) is 14.5. The van der Waals surface area contributed by atoms with Gasteiger partial charge in [0.15, 0.2) is 11.5 Å². The van der Waals surface area contributed by atoms with Crippen molar-refractivity contribution in [2.75, 3.05) is 13.7 Å². The Morgan fingerprint density at radius 1 is 1.03 bits per heavy atom. The normalized spacial score (nSPS) is 18.4. The van der Waals surface area contributed by atoms with Gasteiger partial charge in [-0.15, -0.1) is 0 Å². The van der Waals surface area contributed by atoms with E-state index in [4.69, 9.17) is 14.5 Å². The molecule has 0 saturated heterocycles. The van der Waals surface area contributed by atoms with Crippen LogP contribution >= 0.6 is 0 Å². The van der Waals surface area contributed by atoms with Gasteiger partial charge < -0.3 is 14.6 Å². The minimum absolute atomic E-state index is 0.110. The number of nitrogens with one attached hydrogen (secondary N) is 1. The summed E-state index contributed by atoms with van der Waals surface area (Å²) in [6, 6.07) is 21.9. The molecule has 0 saturated carbocycles. The van der Waals surface area contributed by atoms with Crippen LogP contribution in [0.15, 0.2) is 71.7 Å². The SMILES string of the molecule is CCOc1cccc([C@H]2CC(c3ccc(OC)cc3)=N[C@H](c3ccc(C)cc3)N2)c1O. The molecule has 5 nitrogen and oxygen atoms in total. The van der Waals surface area contributed by atoms with Crippen LogP contribution in [-0.4, -0.2) is 24.5 Å². The van der Waals surface area contributed by atoms with Crippen molar-refractivity contribution in [3.63, 3.8) is 0 Å². The molecule has 0 spiro atoms. The second kappa shape index (κ2) is 9.23. The number of para-hydroxylation sites is 1. The molecule has 0 aromatic heterocycles. The summed E-state index contributed by atoms with van der Waals surface area (Å²) < 4.78 is 10.9. The van der Waals surface area contributed by atoms with Crippen LogP contribution < -0.4 is 14.8 Å². The molecule has 160 valence electrons. The third-order valence-electron chi connectivity index (χ3n) is 5.56. The van der Waals surface area contributed by atoms with Crippen LogP contribution in [0.3, 0.4) is 0 Å². The zero-order valence-electron chi connectivity index (χ0n) is 18.1. The smallest absolute Gasteiger partial charge is 0.162 e. The van der Waals surface area contributed by atoms with E-state index in [1.54, 1.807) is 13.2 Å². The molecule has 0 fully saturated rings. The predicted molar refractivity (Wildman–Crippen MR) is 123 cm³/mol. The van der Waals surface area contributed by atoms with Crippen molar-refractivity contribution >= 4 is 5.71 Å². The molecule has 1 aliphatic rings. The van der Waals surface area contributed by atoms with Gasteiger partial charge in [0.1, 0.15) is 11.9 Å². The minimum Gasteiger partial charge on any atom is -0.504 e. The van der Waals surface area contributed by atoms with E-state index in [-0.39, 0.29) is 18.0 Å². The lowest BCUT2D eigenvalue weighted by atomic mass is 9.93. The first kappa shape index (κ1) is 20.9. The largest absolute Gasteiger partial charge is 0.504 e. The Labute approximate surface area is 183 Å². The molecule has 0 aliphatic carbocycles. The highest BCUT2D eigenvalue weighted by molar-refractivity contribution is 6.01. The van der Waals surface area contributed by atoms with Crippen LogP contribution in [0, 0.1) is 6.92 Å². The zero-order valence-corrected chi connectivity index (χ0v) is 18.1. The van der Waals surface area contributed by atoms with Crippen LogP contribution in [0.5, 0.6) is 17.2 Å². The highest BCUT2D eigenvalue weighted by atomic mass is 16.5. The molecule has 0 amide bonds. The van der Waals surface area contributed by atoms with Crippen LogP contribution in [0.2, 0.25) is 0 Å². The number of benzene rings is 3. The lowest BCUT2D eigenvalue weighted by Gasteiger charge is -2.31. The van der Waals surface area contributed by atoms with Crippen LogP contribution in [-0.2, 0) is 0 Å². The van der Waals surface area contributed by atoms with Gasteiger partial charge in [0.2, 0.25) is 0 Å². The van der Waals surface area contributed by atoms with Gasteiger partial charge >= 0.3 is 0 Å². The highest BCUT2D eigenvalue weighted by Gasteiger charge is 2.28. The fourth-order valence-electron chi connectivity index (χ4n) is 3.88. The van der Waals surface area contributed by atoms with Crippen molar-refractivity contribution in [1.82, 2.24) is 5.32 Å². The minimum atomic E-state index is -0.216. The van der Waals surface area contributed by atoms with Gasteiger partial charge in [-0.2, -0.15) is 0 Å². The first-order valence-corrected chi connectivity index (χ1v) is 10.6. The predicted octanol–water partition coefficient (Wildman–Crippen LogP) is 5.33. The van der Waals surface area contributed by atoms with E-state index in [1.165, 1.54) is 5.56 Å². The molecule has 1 aliphatic heterocycles. The number of rotatable bonds is 6. The molecule has 4 rings (SSSR count). The van der Waals surface area contributed by atoms with E-state index in [0.29, 0.717) is 18.8 Å². The summed E-state index contributed by atoms with van der Waals surface area (Å²) >= 11 is 0. The maximum atomic E-state index is 10.9. The van der Waals surface area contributed by atoms with E-state index in [0.717, 1.165) is 28.2 Å². The maximum absolute atomic E-state index is 10.9. The number of ether oxygens (including phenoxy) is 2. The number of aromatic hydroxyl groups is 1. The number of phenolic OH excluding ortho intramolecular Hbond substituents is 1. The van der Waals surface area contributed by atoms with E-state index in [2.05, 4.69) is 36.5 Å². The first-order valence-electron chi connectivity index (χ1n) is 10.6. The summed E-state index contributed by atoms with van der Waals surface area (Å²) in [6.07, 6.45) is 0.435. The quantitative estimate of drug-likeness (QED) is 0.570. The standard InChI is InChI=1S/C26H28N2O3/c1-4-31-24-7-5-6-21(25(24)29)23-16-22(18-12-14-20(30-3)15-13-18)27-26(28-23)19-10-8-17(2)9-11-19/h5-15,23,26,28-29H,4,16H2,1-3H3/t23-,26+/m1/s1. The molecule has 0 unspecified atom stereocenters.